The quantitative estimate of drug-likeness (QED) is 0.505. The van der Waals surface area contributed by atoms with E-state index in [-0.39, 0.29) is 0 Å². The highest BCUT2D eigenvalue weighted by Gasteiger charge is 2.22. The molecule has 0 amide bonds. The summed E-state index contributed by atoms with van der Waals surface area (Å²) in [5, 5.41) is 3.73. The number of unbranched alkanes of at least 4 members (excludes halogenated alkanes) is 3. The van der Waals surface area contributed by atoms with Crippen LogP contribution in [0.25, 0.3) is 0 Å². The average molecular weight is 223 g/mol. The fraction of sp³-hybridized carbons (Fsp3) is 0.867. The van der Waals surface area contributed by atoms with E-state index in [2.05, 4.69) is 25.7 Å². The fourth-order valence-electron chi connectivity index (χ4n) is 3.01. The minimum atomic E-state index is 0.790. The number of nitrogens with one attached hydrogen (secondary N) is 1. The van der Waals surface area contributed by atoms with E-state index >= 15 is 0 Å². The second-order valence-corrected chi connectivity index (χ2v) is 5.71. The number of hydrogen-bond donors (Lipinski definition) is 1. The van der Waals surface area contributed by atoms with Gasteiger partial charge in [0.15, 0.2) is 0 Å². The first-order valence-electron chi connectivity index (χ1n) is 7.06. The highest BCUT2D eigenvalue weighted by Crippen LogP contribution is 2.28. The van der Waals surface area contributed by atoms with Gasteiger partial charge in [0.2, 0.25) is 0 Å². The third-order valence-electron chi connectivity index (χ3n) is 3.70. The van der Waals surface area contributed by atoms with Crippen molar-refractivity contribution in [2.45, 2.75) is 64.8 Å². The molecule has 1 N–H and O–H groups in total. The summed E-state index contributed by atoms with van der Waals surface area (Å²) < 4.78 is 0. The van der Waals surface area contributed by atoms with Crippen molar-refractivity contribution in [3.05, 3.63) is 12.7 Å². The molecule has 2 atom stereocenters. The lowest BCUT2D eigenvalue weighted by Gasteiger charge is -2.32. The van der Waals surface area contributed by atoms with E-state index in [0.717, 1.165) is 17.9 Å². The molecule has 1 saturated carbocycles. The Labute approximate surface area is 102 Å². The SMILES string of the molecule is C=CCCCCCNC1CC(C)CC(C)C1. The van der Waals surface area contributed by atoms with Crippen LogP contribution < -0.4 is 5.32 Å². The first kappa shape index (κ1) is 13.8. The van der Waals surface area contributed by atoms with Gasteiger partial charge in [0.1, 0.15) is 0 Å². The van der Waals surface area contributed by atoms with Gasteiger partial charge in [0.05, 0.1) is 0 Å². The third kappa shape index (κ3) is 5.69. The van der Waals surface area contributed by atoms with Crippen LogP contribution in [0, 0.1) is 11.8 Å². The Hall–Kier alpha value is -0.300. The molecular formula is C15H29N. The summed E-state index contributed by atoms with van der Waals surface area (Å²) in [6.45, 7) is 9.76. The zero-order valence-electron chi connectivity index (χ0n) is 11.2. The van der Waals surface area contributed by atoms with Crippen molar-refractivity contribution in [1.82, 2.24) is 5.32 Å². The Bertz CT molecular complexity index is 178. The predicted molar refractivity (Wildman–Crippen MR) is 72.6 cm³/mol. The van der Waals surface area contributed by atoms with Gasteiger partial charge in [0, 0.05) is 6.04 Å². The van der Waals surface area contributed by atoms with Crippen LogP contribution in [0.4, 0.5) is 0 Å². The van der Waals surface area contributed by atoms with Crippen molar-refractivity contribution >= 4 is 0 Å². The molecule has 1 aliphatic carbocycles. The van der Waals surface area contributed by atoms with Gasteiger partial charge in [-0.2, -0.15) is 0 Å². The number of allylic oxidation sites excluding steroid dienone is 1. The van der Waals surface area contributed by atoms with E-state index in [0.29, 0.717) is 0 Å². The molecular weight excluding hydrogens is 194 g/mol. The molecule has 1 aliphatic rings. The molecule has 1 nitrogen and oxygen atoms in total. The molecule has 0 aromatic rings. The van der Waals surface area contributed by atoms with Gasteiger partial charge in [-0.15, -0.1) is 6.58 Å². The smallest absolute Gasteiger partial charge is 0.00721 e. The minimum absolute atomic E-state index is 0.790. The standard InChI is InChI=1S/C15H29N/c1-4-5-6-7-8-9-16-15-11-13(2)10-14(3)12-15/h4,13-16H,1,5-12H2,2-3H3. The largest absolute Gasteiger partial charge is 0.314 e. The van der Waals surface area contributed by atoms with Crippen LogP contribution >= 0.6 is 0 Å². The average Bonchev–Trinajstić information content (AvgIpc) is 2.22. The number of hydrogen-bond acceptors (Lipinski definition) is 1. The van der Waals surface area contributed by atoms with Crippen molar-refractivity contribution in [3.63, 3.8) is 0 Å². The van der Waals surface area contributed by atoms with E-state index < -0.39 is 0 Å². The predicted octanol–water partition coefficient (Wildman–Crippen LogP) is 4.15. The van der Waals surface area contributed by atoms with Gasteiger partial charge in [-0.25, -0.2) is 0 Å². The number of rotatable bonds is 7. The van der Waals surface area contributed by atoms with Gasteiger partial charge in [-0.1, -0.05) is 26.3 Å². The van der Waals surface area contributed by atoms with Gasteiger partial charge < -0.3 is 5.32 Å². The lowest BCUT2D eigenvalue weighted by molar-refractivity contribution is 0.238. The van der Waals surface area contributed by atoms with Crippen LogP contribution in [0.3, 0.4) is 0 Å². The van der Waals surface area contributed by atoms with Crippen molar-refractivity contribution in [2.24, 2.45) is 11.8 Å². The van der Waals surface area contributed by atoms with Gasteiger partial charge in [-0.05, 0) is 56.9 Å². The van der Waals surface area contributed by atoms with Crippen LogP contribution in [0.1, 0.15) is 58.8 Å². The van der Waals surface area contributed by atoms with E-state index in [1.54, 1.807) is 0 Å². The van der Waals surface area contributed by atoms with E-state index in [1.807, 2.05) is 6.08 Å². The lowest BCUT2D eigenvalue weighted by atomic mass is 9.80. The summed E-state index contributed by atoms with van der Waals surface area (Å²) in [5.41, 5.74) is 0. The first-order chi connectivity index (χ1) is 7.72. The zero-order chi connectivity index (χ0) is 11.8. The molecule has 0 heterocycles. The topological polar surface area (TPSA) is 12.0 Å². The third-order valence-corrected chi connectivity index (χ3v) is 3.70. The summed E-state index contributed by atoms with van der Waals surface area (Å²) in [4.78, 5) is 0. The van der Waals surface area contributed by atoms with E-state index in [9.17, 15) is 0 Å². The minimum Gasteiger partial charge on any atom is -0.314 e. The second kappa shape index (κ2) is 7.89. The molecule has 0 aromatic heterocycles. The van der Waals surface area contributed by atoms with Gasteiger partial charge in [0.25, 0.3) is 0 Å². The maximum absolute atomic E-state index is 3.75. The fourth-order valence-corrected chi connectivity index (χ4v) is 3.01. The highest BCUT2D eigenvalue weighted by molar-refractivity contribution is 4.79. The highest BCUT2D eigenvalue weighted by atomic mass is 14.9. The maximum atomic E-state index is 3.75. The van der Waals surface area contributed by atoms with Crippen LogP contribution in [-0.2, 0) is 0 Å². The first-order valence-corrected chi connectivity index (χ1v) is 7.06. The molecule has 1 rings (SSSR count). The van der Waals surface area contributed by atoms with Crippen LogP contribution in [0.5, 0.6) is 0 Å². The Morgan fingerprint density at radius 3 is 2.38 bits per heavy atom. The Kier molecular flexibility index (Phi) is 6.79. The molecule has 2 unspecified atom stereocenters. The Morgan fingerprint density at radius 2 is 1.75 bits per heavy atom. The van der Waals surface area contributed by atoms with E-state index in [1.165, 1.54) is 51.5 Å². The second-order valence-electron chi connectivity index (χ2n) is 5.71. The van der Waals surface area contributed by atoms with Gasteiger partial charge >= 0.3 is 0 Å². The van der Waals surface area contributed by atoms with Crippen molar-refractivity contribution < 1.29 is 0 Å². The molecule has 0 radical (unpaired) electrons. The molecule has 0 aliphatic heterocycles. The Morgan fingerprint density at radius 1 is 1.06 bits per heavy atom. The molecule has 1 fully saturated rings. The normalized spacial score (nSPS) is 30.2. The molecule has 16 heavy (non-hydrogen) atoms. The Balaban J connectivity index is 2.01. The summed E-state index contributed by atoms with van der Waals surface area (Å²) in [7, 11) is 0. The van der Waals surface area contributed by atoms with Crippen LogP contribution in [0.2, 0.25) is 0 Å². The molecule has 94 valence electrons. The molecule has 0 saturated heterocycles. The van der Waals surface area contributed by atoms with Crippen molar-refractivity contribution in [2.75, 3.05) is 6.54 Å². The summed E-state index contributed by atoms with van der Waals surface area (Å²) in [6, 6.07) is 0.790. The van der Waals surface area contributed by atoms with Crippen molar-refractivity contribution in [3.8, 4) is 0 Å². The van der Waals surface area contributed by atoms with Gasteiger partial charge in [-0.3, -0.25) is 0 Å². The van der Waals surface area contributed by atoms with Crippen LogP contribution in [-0.4, -0.2) is 12.6 Å². The summed E-state index contributed by atoms with van der Waals surface area (Å²) in [5.74, 6) is 1.84. The summed E-state index contributed by atoms with van der Waals surface area (Å²) >= 11 is 0. The van der Waals surface area contributed by atoms with E-state index in [4.69, 9.17) is 0 Å². The molecule has 0 aromatic carbocycles. The lowest BCUT2D eigenvalue weighted by Crippen LogP contribution is -2.36. The zero-order valence-corrected chi connectivity index (χ0v) is 11.2. The molecule has 0 bridgehead atoms. The molecule has 1 heteroatoms. The monoisotopic (exact) mass is 223 g/mol. The summed E-state index contributed by atoms with van der Waals surface area (Å²) in [6.07, 6.45) is 11.4. The molecule has 0 spiro atoms. The van der Waals surface area contributed by atoms with Crippen molar-refractivity contribution in [1.29, 1.82) is 0 Å². The van der Waals surface area contributed by atoms with Crippen LogP contribution in [0.15, 0.2) is 12.7 Å². The maximum Gasteiger partial charge on any atom is 0.00721 e.